The molecule has 9 N–H and O–H groups in total. The zero-order valence-electron chi connectivity index (χ0n) is 30.7. The Hall–Kier alpha value is -5.58. The lowest BCUT2D eigenvalue weighted by Gasteiger charge is -2.26. The number of primary amides is 1. The average molecular weight is 768 g/mol. The molecule has 17 heteroatoms. The molecule has 16 nitrogen and oxygen atoms in total. The third-order valence-electron chi connectivity index (χ3n) is 7.97. The number of carbonyl (C=O) groups excluding carboxylic acids is 6. The number of carbonyl (C=O) groups is 7. The molecule has 0 aliphatic heterocycles. The first-order chi connectivity index (χ1) is 25.6. The van der Waals surface area contributed by atoms with Gasteiger partial charge in [0.15, 0.2) is 0 Å². The minimum absolute atomic E-state index is 0.0257. The van der Waals surface area contributed by atoms with Crippen molar-refractivity contribution in [2.45, 2.75) is 82.6 Å². The molecular weight excluding hydrogens is 719 g/mol. The summed E-state index contributed by atoms with van der Waals surface area (Å²) >= 11 is 1.39. The summed E-state index contributed by atoms with van der Waals surface area (Å²) in [6, 6.07) is 10.8. The fourth-order valence-electron chi connectivity index (χ4n) is 5.37. The lowest BCUT2D eigenvalue weighted by Crippen LogP contribution is -2.59. The molecular formula is C37H49N7O9S. The van der Waals surface area contributed by atoms with Crippen molar-refractivity contribution in [1.82, 2.24) is 31.6 Å². The average Bonchev–Trinajstić information content (AvgIpc) is 3.51. The van der Waals surface area contributed by atoms with Crippen LogP contribution in [0.2, 0.25) is 0 Å². The molecule has 3 rings (SSSR count). The van der Waals surface area contributed by atoms with Crippen LogP contribution in [0.1, 0.15) is 51.2 Å². The number of amides is 6. The molecule has 1 unspecified atom stereocenters. The first-order valence-corrected chi connectivity index (χ1v) is 18.7. The second-order valence-corrected chi connectivity index (χ2v) is 14.5. The lowest BCUT2D eigenvalue weighted by atomic mass is 10.0. The second-order valence-electron chi connectivity index (χ2n) is 13.5. The Bertz CT molecular complexity index is 1780. The zero-order valence-corrected chi connectivity index (χ0v) is 31.5. The molecule has 6 amide bonds. The fraction of sp³-hybridized carbons (Fsp3) is 0.432. The van der Waals surface area contributed by atoms with Gasteiger partial charge in [-0.15, -0.1) is 0 Å². The minimum atomic E-state index is -1.62. The van der Waals surface area contributed by atoms with Crippen LogP contribution in [0.25, 0.3) is 10.9 Å². The van der Waals surface area contributed by atoms with Gasteiger partial charge in [0.25, 0.3) is 0 Å². The van der Waals surface area contributed by atoms with E-state index in [9.17, 15) is 38.7 Å². The Balaban J connectivity index is 1.79. The number of para-hydroxylation sites is 1. The highest BCUT2D eigenvalue weighted by atomic mass is 32.2. The molecule has 1 heterocycles. The van der Waals surface area contributed by atoms with Crippen molar-refractivity contribution >= 4 is 64.3 Å². The fourth-order valence-corrected chi connectivity index (χ4v) is 5.84. The number of nitrogens with one attached hydrogen (secondary N) is 6. The predicted octanol–water partition coefficient (Wildman–Crippen LogP) is 1.52. The molecule has 4 atom stereocenters. The van der Waals surface area contributed by atoms with E-state index in [-0.39, 0.29) is 32.2 Å². The maximum absolute atomic E-state index is 13.9. The quantitative estimate of drug-likeness (QED) is 0.0823. The van der Waals surface area contributed by atoms with E-state index in [2.05, 4.69) is 31.6 Å². The molecule has 0 saturated heterocycles. The molecule has 0 fully saturated rings. The van der Waals surface area contributed by atoms with Gasteiger partial charge in [-0.25, -0.2) is 4.79 Å². The molecule has 1 aromatic heterocycles. The Morgan fingerprint density at radius 1 is 0.815 bits per heavy atom. The largest absolute Gasteiger partial charge is 0.481 e. The topological polar surface area (TPSA) is 251 Å². The number of alkyl carbamates (subject to hydrolysis) is 1. The SMILES string of the molecule is CSCC[C@@H](NC(=O)[C@H](Cc1c[nH]c2ccccc12)NC(=O)CCNC(=O)OC(C)(C)C)C(=O)NC(CC(=O)O)C(=O)N[C@H](Cc1ccccc1)C(N)=O. The number of rotatable bonds is 20. The Kier molecular flexibility index (Phi) is 16.3. The summed E-state index contributed by atoms with van der Waals surface area (Å²) in [5.41, 5.74) is 7.00. The number of hydrogen-bond donors (Lipinski definition) is 8. The summed E-state index contributed by atoms with van der Waals surface area (Å²) in [7, 11) is 0. The summed E-state index contributed by atoms with van der Waals surface area (Å²) < 4.78 is 5.20. The summed E-state index contributed by atoms with van der Waals surface area (Å²) in [5.74, 6) is -4.95. The molecule has 0 aliphatic rings. The maximum Gasteiger partial charge on any atom is 0.407 e. The molecule has 3 aromatic rings. The number of nitrogens with two attached hydrogens (primary N) is 1. The Labute approximate surface area is 317 Å². The predicted molar refractivity (Wildman–Crippen MR) is 203 cm³/mol. The molecule has 0 aliphatic carbocycles. The van der Waals surface area contributed by atoms with Crippen molar-refractivity contribution in [3.8, 4) is 0 Å². The van der Waals surface area contributed by atoms with E-state index in [0.29, 0.717) is 16.9 Å². The van der Waals surface area contributed by atoms with Crippen LogP contribution >= 0.6 is 11.8 Å². The van der Waals surface area contributed by atoms with Gasteiger partial charge >= 0.3 is 12.1 Å². The highest BCUT2D eigenvalue weighted by molar-refractivity contribution is 7.98. The van der Waals surface area contributed by atoms with E-state index in [1.54, 1.807) is 63.6 Å². The summed E-state index contributed by atoms with van der Waals surface area (Å²) in [5, 5.41) is 23.1. The Morgan fingerprint density at radius 3 is 2.07 bits per heavy atom. The minimum Gasteiger partial charge on any atom is -0.481 e. The van der Waals surface area contributed by atoms with Crippen LogP contribution < -0.4 is 32.3 Å². The number of carboxylic acid groups (broad SMARTS) is 1. The number of aromatic amines is 1. The second kappa shape index (κ2) is 20.6. The normalized spacial score (nSPS) is 13.4. The van der Waals surface area contributed by atoms with E-state index in [0.717, 1.165) is 10.9 Å². The van der Waals surface area contributed by atoms with Gasteiger partial charge in [-0.05, 0) is 56.4 Å². The first-order valence-electron chi connectivity index (χ1n) is 17.3. The first kappa shape index (κ1) is 42.8. The van der Waals surface area contributed by atoms with Crippen molar-refractivity contribution < 1.29 is 43.4 Å². The van der Waals surface area contributed by atoms with Gasteiger partial charge in [-0.3, -0.25) is 28.8 Å². The van der Waals surface area contributed by atoms with Crippen molar-refractivity contribution in [1.29, 1.82) is 0 Å². The smallest absolute Gasteiger partial charge is 0.407 e. The summed E-state index contributed by atoms with van der Waals surface area (Å²) in [4.78, 5) is 93.2. The standard InChI is InChI=1S/C37H49N7O9S/c1-37(2,3)53-36(52)39-16-14-30(45)41-28(19-23-21-40-25-13-9-8-12-24(23)25)34(50)42-26(15-17-54-4)33(49)44-29(20-31(46)47)35(51)43-27(32(38)48)18-22-10-6-5-7-11-22/h5-13,21,26-29,40H,14-20H2,1-4H3,(H2,38,48)(H,39,52)(H,41,45)(H,42,50)(H,43,51)(H,44,49)(H,46,47)/t26-,27-,28+,29?/m1/s1. The zero-order chi connectivity index (χ0) is 39.8. The van der Waals surface area contributed by atoms with Gasteiger partial charge in [0.05, 0.1) is 6.42 Å². The van der Waals surface area contributed by atoms with Crippen molar-refractivity contribution in [3.63, 3.8) is 0 Å². The van der Waals surface area contributed by atoms with Crippen LogP contribution in [0.4, 0.5) is 4.79 Å². The van der Waals surface area contributed by atoms with Gasteiger partial charge in [0.2, 0.25) is 29.5 Å². The van der Waals surface area contributed by atoms with Crippen LogP contribution in [-0.2, 0) is 46.3 Å². The van der Waals surface area contributed by atoms with Crippen LogP contribution in [0, 0.1) is 0 Å². The van der Waals surface area contributed by atoms with Crippen LogP contribution in [0.3, 0.4) is 0 Å². The van der Waals surface area contributed by atoms with E-state index >= 15 is 0 Å². The highest BCUT2D eigenvalue weighted by Crippen LogP contribution is 2.19. The molecule has 54 heavy (non-hydrogen) atoms. The van der Waals surface area contributed by atoms with Gasteiger partial charge in [-0.1, -0.05) is 48.5 Å². The number of thioether (sulfide) groups is 1. The van der Waals surface area contributed by atoms with Crippen molar-refractivity contribution in [3.05, 3.63) is 71.9 Å². The summed E-state index contributed by atoms with van der Waals surface area (Å²) in [6.45, 7) is 5.03. The number of ether oxygens (including phenoxy) is 1. The van der Waals surface area contributed by atoms with Gasteiger partial charge in [-0.2, -0.15) is 11.8 Å². The van der Waals surface area contributed by atoms with E-state index < -0.39 is 77.8 Å². The van der Waals surface area contributed by atoms with Crippen LogP contribution in [0.5, 0.6) is 0 Å². The van der Waals surface area contributed by atoms with E-state index in [1.807, 2.05) is 24.3 Å². The molecule has 292 valence electrons. The molecule has 2 aromatic carbocycles. The molecule has 0 radical (unpaired) electrons. The molecule has 0 bridgehead atoms. The monoisotopic (exact) mass is 767 g/mol. The number of carboxylic acids is 1. The number of benzene rings is 2. The third-order valence-corrected chi connectivity index (χ3v) is 8.61. The number of hydrogen-bond acceptors (Lipinski definition) is 9. The van der Waals surface area contributed by atoms with Crippen LogP contribution in [-0.4, -0.2) is 100 Å². The number of aliphatic carboxylic acids is 1. The lowest BCUT2D eigenvalue weighted by molar-refractivity contribution is -0.141. The Morgan fingerprint density at radius 2 is 1.43 bits per heavy atom. The number of aromatic nitrogens is 1. The number of fused-ring (bicyclic) bond motifs is 1. The van der Waals surface area contributed by atoms with E-state index in [1.165, 1.54) is 11.8 Å². The van der Waals surface area contributed by atoms with Gasteiger partial charge in [0, 0.05) is 42.9 Å². The maximum atomic E-state index is 13.9. The summed E-state index contributed by atoms with van der Waals surface area (Å²) in [6.07, 6.45) is 1.93. The van der Waals surface area contributed by atoms with Gasteiger partial charge < -0.3 is 47.1 Å². The van der Waals surface area contributed by atoms with Crippen molar-refractivity contribution in [2.75, 3.05) is 18.6 Å². The van der Waals surface area contributed by atoms with Crippen LogP contribution in [0.15, 0.2) is 60.8 Å². The van der Waals surface area contributed by atoms with Gasteiger partial charge in [0.1, 0.15) is 29.8 Å². The third kappa shape index (κ3) is 14.4. The highest BCUT2D eigenvalue weighted by Gasteiger charge is 2.32. The molecule has 0 spiro atoms. The van der Waals surface area contributed by atoms with E-state index in [4.69, 9.17) is 10.5 Å². The van der Waals surface area contributed by atoms with Crippen molar-refractivity contribution in [2.24, 2.45) is 5.73 Å². The molecule has 0 saturated carbocycles. The number of H-pyrrole nitrogens is 1.